The Balaban J connectivity index is 2.40. The number of halogens is 2. The van der Waals surface area contributed by atoms with Crippen molar-refractivity contribution in [2.75, 3.05) is 14.2 Å². The number of rotatable bonds is 5. The van der Waals surface area contributed by atoms with Crippen LogP contribution in [0.5, 0.6) is 17.2 Å². The van der Waals surface area contributed by atoms with Crippen LogP contribution in [0.25, 0.3) is 0 Å². The first-order valence-corrected chi connectivity index (χ1v) is 8.16. The molecule has 0 atom stereocenters. The van der Waals surface area contributed by atoms with Crippen molar-refractivity contribution in [3.63, 3.8) is 0 Å². The molecule has 0 aliphatic rings. The molecule has 0 heterocycles. The molecule has 0 saturated carbocycles. The van der Waals surface area contributed by atoms with E-state index in [9.17, 15) is 8.42 Å². The zero-order valence-corrected chi connectivity index (χ0v) is 14.0. The van der Waals surface area contributed by atoms with Crippen molar-refractivity contribution >= 4 is 33.3 Å². The van der Waals surface area contributed by atoms with Gasteiger partial charge in [0.2, 0.25) is 0 Å². The van der Waals surface area contributed by atoms with Crippen molar-refractivity contribution in [3.8, 4) is 17.2 Å². The number of hydrogen-bond donors (Lipinski definition) is 0. The monoisotopic (exact) mass is 362 g/mol. The Bertz CT molecular complexity index is 790. The fourth-order valence-corrected chi connectivity index (χ4v) is 3.02. The third-order valence-corrected chi connectivity index (χ3v) is 4.79. The summed E-state index contributed by atoms with van der Waals surface area (Å²) < 4.78 is 39.8. The summed E-state index contributed by atoms with van der Waals surface area (Å²) in [4.78, 5) is -0.0961. The number of ether oxygens (including phenoxy) is 2. The normalized spacial score (nSPS) is 11.1. The highest BCUT2D eigenvalue weighted by Crippen LogP contribution is 2.35. The summed E-state index contributed by atoms with van der Waals surface area (Å²) in [5.74, 6) is 0.621. The van der Waals surface area contributed by atoms with Gasteiger partial charge in [0.1, 0.15) is 9.92 Å². The third kappa shape index (κ3) is 3.40. The van der Waals surface area contributed by atoms with Crippen LogP contribution in [0.1, 0.15) is 0 Å². The van der Waals surface area contributed by atoms with Gasteiger partial charge in [0.15, 0.2) is 17.2 Å². The molecule has 0 saturated heterocycles. The Labute approximate surface area is 138 Å². The van der Waals surface area contributed by atoms with Crippen molar-refractivity contribution in [2.24, 2.45) is 0 Å². The van der Waals surface area contributed by atoms with E-state index in [1.165, 1.54) is 50.6 Å². The van der Waals surface area contributed by atoms with Gasteiger partial charge in [-0.05, 0) is 24.3 Å². The molecule has 0 amide bonds. The second kappa shape index (κ2) is 6.64. The quantitative estimate of drug-likeness (QED) is 0.757. The minimum absolute atomic E-state index is 0.0215. The van der Waals surface area contributed by atoms with E-state index in [1.807, 2.05) is 0 Å². The van der Waals surface area contributed by atoms with E-state index in [1.54, 1.807) is 0 Å². The van der Waals surface area contributed by atoms with E-state index < -0.39 is 10.1 Å². The fourth-order valence-electron chi connectivity index (χ4n) is 1.69. The molecule has 0 aliphatic heterocycles. The van der Waals surface area contributed by atoms with Crippen LogP contribution in [0.3, 0.4) is 0 Å². The summed E-state index contributed by atoms with van der Waals surface area (Å²) in [6.07, 6.45) is 0. The van der Waals surface area contributed by atoms with Crippen LogP contribution in [0, 0.1) is 0 Å². The molecule has 0 unspecified atom stereocenters. The molecule has 0 bridgehead atoms. The topological polar surface area (TPSA) is 61.8 Å². The first-order valence-electron chi connectivity index (χ1n) is 5.99. The van der Waals surface area contributed by atoms with Gasteiger partial charge < -0.3 is 13.7 Å². The van der Waals surface area contributed by atoms with E-state index >= 15 is 0 Å². The molecular weight excluding hydrogens is 351 g/mol. The van der Waals surface area contributed by atoms with Crippen molar-refractivity contribution in [1.29, 1.82) is 0 Å². The SMILES string of the molecule is COc1ccc(S(=O)(=O)Oc2cccc(Cl)c2Cl)cc1OC. The Morgan fingerprint density at radius 1 is 0.909 bits per heavy atom. The van der Waals surface area contributed by atoms with Gasteiger partial charge >= 0.3 is 10.1 Å². The summed E-state index contributed by atoms with van der Waals surface area (Å²) >= 11 is 11.8. The zero-order valence-electron chi connectivity index (χ0n) is 11.7. The molecule has 5 nitrogen and oxygen atoms in total. The standard InChI is InChI=1S/C14H12Cl2O5S/c1-19-11-7-6-9(8-13(11)20-2)22(17,18)21-12-5-3-4-10(15)14(12)16/h3-8H,1-2H3. The lowest BCUT2D eigenvalue weighted by Crippen LogP contribution is -2.10. The molecule has 0 aliphatic carbocycles. The van der Waals surface area contributed by atoms with Crippen molar-refractivity contribution < 1.29 is 22.1 Å². The van der Waals surface area contributed by atoms with Crippen LogP contribution < -0.4 is 13.7 Å². The first kappa shape index (κ1) is 16.7. The molecule has 2 rings (SSSR count). The van der Waals surface area contributed by atoms with Crippen LogP contribution in [0.4, 0.5) is 0 Å². The van der Waals surface area contributed by atoms with Gasteiger partial charge in [-0.15, -0.1) is 0 Å². The van der Waals surface area contributed by atoms with Gasteiger partial charge in [0, 0.05) is 6.07 Å². The molecule has 118 valence electrons. The Morgan fingerprint density at radius 3 is 2.23 bits per heavy atom. The van der Waals surface area contributed by atoms with Gasteiger partial charge in [-0.3, -0.25) is 0 Å². The van der Waals surface area contributed by atoms with Crippen molar-refractivity contribution in [1.82, 2.24) is 0 Å². The lowest BCUT2D eigenvalue weighted by atomic mass is 10.3. The average molecular weight is 363 g/mol. The molecule has 22 heavy (non-hydrogen) atoms. The van der Waals surface area contributed by atoms with Crippen LogP contribution in [-0.2, 0) is 10.1 Å². The lowest BCUT2D eigenvalue weighted by Gasteiger charge is -2.12. The smallest absolute Gasteiger partial charge is 0.339 e. The largest absolute Gasteiger partial charge is 0.493 e. The lowest BCUT2D eigenvalue weighted by molar-refractivity contribution is 0.353. The second-order valence-corrected chi connectivity index (χ2v) is 6.44. The Morgan fingerprint density at radius 2 is 1.59 bits per heavy atom. The summed E-state index contributed by atoms with van der Waals surface area (Å²) in [7, 11) is -1.23. The molecule has 2 aromatic rings. The van der Waals surface area contributed by atoms with Crippen LogP contribution in [-0.4, -0.2) is 22.6 Å². The molecule has 0 radical (unpaired) electrons. The highest BCUT2D eigenvalue weighted by Gasteiger charge is 2.21. The highest BCUT2D eigenvalue weighted by atomic mass is 35.5. The maximum atomic E-state index is 12.3. The minimum Gasteiger partial charge on any atom is -0.493 e. The maximum absolute atomic E-state index is 12.3. The molecular formula is C14H12Cl2O5S. The third-order valence-electron chi connectivity index (χ3n) is 2.76. The van der Waals surface area contributed by atoms with E-state index in [4.69, 9.17) is 36.9 Å². The van der Waals surface area contributed by atoms with Crippen molar-refractivity contribution in [3.05, 3.63) is 46.4 Å². The maximum Gasteiger partial charge on any atom is 0.339 e. The summed E-state index contributed by atoms with van der Waals surface area (Å²) in [5, 5.41) is 0.217. The van der Waals surface area contributed by atoms with Gasteiger partial charge in [-0.2, -0.15) is 8.42 Å². The van der Waals surface area contributed by atoms with E-state index in [0.717, 1.165) is 0 Å². The minimum atomic E-state index is -4.09. The van der Waals surface area contributed by atoms with E-state index in [-0.39, 0.29) is 26.4 Å². The molecule has 0 spiro atoms. The summed E-state index contributed by atoms with van der Waals surface area (Å²) in [6, 6.07) is 8.58. The van der Waals surface area contributed by atoms with Gasteiger partial charge in [0.25, 0.3) is 0 Å². The molecule has 0 aromatic heterocycles. The predicted molar refractivity (Wildman–Crippen MR) is 83.8 cm³/mol. The van der Waals surface area contributed by atoms with Gasteiger partial charge in [-0.25, -0.2) is 0 Å². The average Bonchev–Trinajstić information content (AvgIpc) is 2.51. The van der Waals surface area contributed by atoms with E-state index in [0.29, 0.717) is 5.75 Å². The summed E-state index contributed by atoms with van der Waals surface area (Å²) in [6.45, 7) is 0. The molecule has 8 heteroatoms. The predicted octanol–water partition coefficient (Wildman–Crippen LogP) is 3.78. The molecule has 0 N–H and O–H groups in total. The molecule has 0 fully saturated rings. The van der Waals surface area contributed by atoms with Crippen LogP contribution in [0.15, 0.2) is 41.3 Å². The first-order chi connectivity index (χ1) is 10.4. The van der Waals surface area contributed by atoms with Crippen molar-refractivity contribution in [2.45, 2.75) is 4.90 Å². The van der Waals surface area contributed by atoms with Crippen LogP contribution >= 0.6 is 23.2 Å². The Kier molecular flexibility index (Phi) is 5.05. The Hall–Kier alpha value is -1.63. The molecule has 2 aromatic carbocycles. The van der Waals surface area contributed by atoms with Crippen LogP contribution in [0.2, 0.25) is 10.0 Å². The summed E-state index contributed by atoms with van der Waals surface area (Å²) in [5.41, 5.74) is 0. The highest BCUT2D eigenvalue weighted by molar-refractivity contribution is 7.87. The van der Waals surface area contributed by atoms with Gasteiger partial charge in [0.05, 0.1) is 19.2 Å². The zero-order chi connectivity index (χ0) is 16.3. The number of hydrogen-bond acceptors (Lipinski definition) is 5. The number of benzene rings is 2. The van der Waals surface area contributed by atoms with E-state index in [2.05, 4.69) is 0 Å². The second-order valence-electron chi connectivity index (χ2n) is 4.11. The number of methoxy groups -OCH3 is 2. The fraction of sp³-hybridized carbons (Fsp3) is 0.143. The van der Waals surface area contributed by atoms with Gasteiger partial charge in [-0.1, -0.05) is 29.3 Å².